The quantitative estimate of drug-likeness (QED) is 0.535. The molecule has 1 saturated carbocycles. The van der Waals surface area contributed by atoms with Crippen molar-refractivity contribution in [3.05, 3.63) is 71.2 Å². The van der Waals surface area contributed by atoms with Crippen molar-refractivity contribution in [3.63, 3.8) is 0 Å². The number of nitrogens with zero attached hydrogens (tertiary/aromatic N) is 1. The Balaban J connectivity index is 1.29. The van der Waals surface area contributed by atoms with Crippen LogP contribution in [0.5, 0.6) is 5.75 Å². The Kier molecular flexibility index (Phi) is 6.32. The van der Waals surface area contributed by atoms with E-state index in [-0.39, 0.29) is 23.6 Å². The number of hydrogen-bond acceptors (Lipinski definition) is 6. The summed E-state index contributed by atoms with van der Waals surface area (Å²) in [5.41, 5.74) is 2.31. The molecule has 0 bridgehead atoms. The van der Waals surface area contributed by atoms with Crippen LogP contribution in [-0.2, 0) is 14.9 Å². The van der Waals surface area contributed by atoms with Gasteiger partial charge in [-0.1, -0.05) is 36.8 Å². The second kappa shape index (κ2) is 9.31. The summed E-state index contributed by atoms with van der Waals surface area (Å²) >= 11 is 1.35. The summed E-state index contributed by atoms with van der Waals surface area (Å²) in [5, 5.41) is 5.27. The third-order valence-electron chi connectivity index (χ3n) is 5.71. The molecule has 0 spiro atoms. The molecule has 0 unspecified atom stereocenters. The van der Waals surface area contributed by atoms with E-state index in [1.807, 2.05) is 42.5 Å². The molecule has 1 aliphatic rings. The predicted octanol–water partition coefficient (Wildman–Crippen LogP) is 4.21. The van der Waals surface area contributed by atoms with Gasteiger partial charge in [0.05, 0.1) is 7.11 Å². The number of carbonyl (C=O) groups excluding carboxylic acids is 2. The molecule has 1 amide bonds. The first-order valence-corrected chi connectivity index (χ1v) is 11.1. The lowest BCUT2D eigenvalue weighted by Crippen LogP contribution is -2.46. The maximum atomic E-state index is 12.3. The van der Waals surface area contributed by atoms with Gasteiger partial charge in [0.1, 0.15) is 10.8 Å². The van der Waals surface area contributed by atoms with Crippen molar-refractivity contribution in [3.8, 4) is 16.3 Å². The van der Waals surface area contributed by atoms with Crippen molar-refractivity contribution in [1.82, 2.24) is 10.3 Å². The fraction of sp³-hybridized carbons (Fsp3) is 0.292. The van der Waals surface area contributed by atoms with Crippen molar-refractivity contribution < 1.29 is 19.1 Å². The van der Waals surface area contributed by atoms with Crippen LogP contribution >= 0.6 is 11.3 Å². The Morgan fingerprint density at radius 1 is 1.10 bits per heavy atom. The zero-order valence-corrected chi connectivity index (χ0v) is 18.1. The molecular formula is C24H24N2O4S. The van der Waals surface area contributed by atoms with Crippen LogP contribution in [-0.4, -0.2) is 37.1 Å². The summed E-state index contributed by atoms with van der Waals surface area (Å²) in [4.78, 5) is 28.9. The summed E-state index contributed by atoms with van der Waals surface area (Å²) in [6, 6.07) is 17.7. The van der Waals surface area contributed by atoms with Crippen molar-refractivity contribution >= 4 is 23.2 Å². The molecule has 1 N–H and O–H groups in total. The molecule has 6 nitrogen and oxygen atoms in total. The Hall–Kier alpha value is -3.19. The van der Waals surface area contributed by atoms with Gasteiger partial charge in [0.15, 0.2) is 12.3 Å². The van der Waals surface area contributed by atoms with Crippen LogP contribution in [0.2, 0.25) is 0 Å². The van der Waals surface area contributed by atoms with Crippen LogP contribution < -0.4 is 10.1 Å². The molecule has 0 radical (unpaired) electrons. The van der Waals surface area contributed by atoms with Gasteiger partial charge in [-0.15, -0.1) is 11.3 Å². The highest BCUT2D eigenvalue weighted by Crippen LogP contribution is 2.43. The number of rotatable bonds is 8. The molecule has 0 atom stereocenters. The second-order valence-electron chi connectivity index (χ2n) is 7.62. The van der Waals surface area contributed by atoms with E-state index >= 15 is 0 Å². The topological polar surface area (TPSA) is 77.5 Å². The zero-order valence-electron chi connectivity index (χ0n) is 17.3. The maximum Gasteiger partial charge on any atom is 0.358 e. The van der Waals surface area contributed by atoms with E-state index in [9.17, 15) is 9.59 Å². The van der Waals surface area contributed by atoms with Crippen LogP contribution in [0.25, 0.3) is 10.6 Å². The summed E-state index contributed by atoms with van der Waals surface area (Å²) in [7, 11) is 1.61. The third kappa shape index (κ3) is 4.77. The van der Waals surface area contributed by atoms with Gasteiger partial charge >= 0.3 is 5.97 Å². The number of carbonyl (C=O) groups is 2. The van der Waals surface area contributed by atoms with Gasteiger partial charge in [-0.25, -0.2) is 9.78 Å². The molecule has 1 fully saturated rings. The molecule has 0 saturated heterocycles. The Morgan fingerprint density at radius 2 is 1.84 bits per heavy atom. The van der Waals surface area contributed by atoms with E-state index in [0.29, 0.717) is 11.6 Å². The van der Waals surface area contributed by atoms with E-state index in [2.05, 4.69) is 22.4 Å². The van der Waals surface area contributed by atoms with Crippen molar-refractivity contribution in [2.45, 2.75) is 24.7 Å². The minimum atomic E-state index is -0.604. The van der Waals surface area contributed by atoms with Gasteiger partial charge in [0, 0.05) is 22.9 Å². The summed E-state index contributed by atoms with van der Waals surface area (Å²) < 4.78 is 10.3. The number of nitrogens with one attached hydrogen (secondary N) is 1. The number of hydrogen-bond donors (Lipinski definition) is 1. The van der Waals surface area contributed by atoms with Crippen molar-refractivity contribution in [2.24, 2.45) is 0 Å². The van der Waals surface area contributed by atoms with Crippen LogP contribution in [0.1, 0.15) is 35.3 Å². The average molecular weight is 437 g/mol. The van der Waals surface area contributed by atoms with Gasteiger partial charge in [-0.05, 0) is 42.7 Å². The maximum absolute atomic E-state index is 12.3. The molecular weight excluding hydrogens is 412 g/mol. The molecule has 3 aromatic rings. The highest BCUT2D eigenvalue weighted by Gasteiger charge is 2.38. The second-order valence-corrected chi connectivity index (χ2v) is 8.48. The first kappa shape index (κ1) is 21.1. The summed E-state index contributed by atoms with van der Waals surface area (Å²) in [5.74, 6) is -0.157. The smallest absolute Gasteiger partial charge is 0.358 e. The number of benzene rings is 2. The lowest BCUT2D eigenvalue weighted by Gasteiger charge is -2.42. The number of ether oxygens (including phenoxy) is 2. The number of esters is 1. The van der Waals surface area contributed by atoms with Gasteiger partial charge in [-0.2, -0.15) is 0 Å². The monoisotopic (exact) mass is 436 g/mol. The van der Waals surface area contributed by atoms with E-state index in [1.165, 1.54) is 16.9 Å². The minimum Gasteiger partial charge on any atom is -0.497 e. The largest absolute Gasteiger partial charge is 0.497 e. The lowest BCUT2D eigenvalue weighted by atomic mass is 9.64. The van der Waals surface area contributed by atoms with Gasteiger partial charge in [-0.3, -0.25) is 4.79 Å². The fourth-order valence-electron chi connectivity index (χ4n) is 3.72. The molecule has 0 aliphatic heterocycles. The van der Waals surface area contributed by atoms with Crippen LogP contribution in [0.15, 0.2) is 60.0 Å². The number of aromatic nitrogens is 1. The van der Waals surface area contributed by atoms with E-state index < -0.39 is 5.97 Å². The molecule has 1 heterocycles. The summed E-state index contributed by atoms with van der Waals surface area (Å²) in [6.45, 7) is 0.227. The predicted molar refractivity (Wildman–Crippen MR) is 119 cm³/mol. The highest BCUT2D eigenvalue weighted by molar-refractivity contribution is 7.13. The normalized spacial score (nSPS) is 14.4. The van der Waals surface area contributed by atoms with Crippen LogP contribution in [0.3, 0.4) is 0 Å². The molecule has 160 valence electrons. The molecule has 1 aromatic heterocycles. The minimum absolute atomic E-state index is 0.0108. The third-order valence-corrected chi connectivity index (χ3v) is 6.60. The molecule has 7 heteroatoms. The molecule has 4 rings (SSSR count). The average Bonchev–Trinajstić information content (AvgIpc) is 3.28. The van der Waals surface area contributed by atoms with E-state index in [1.54, 1.807) is 12.5 Å². The first-order chi connectivity index (χ1) is 15.1. The first-order valence-electron chi connectivity index (χ1n) is 10.2. The molecule has 31 heavy (non-hydrogen) atoms. The van der Waals surface area contributed by atoms with Gasteiger partial charge in [0.2, 0.25) is 0 Å². The highest BCUT2D eigenvalue weighted by atomic mass is 32.1. The SMILES string of the molecule is COc1ccc(-c2nc(C(=O)OCC(=O)NCC3(c4ccccc4)CCC3)cs2)cc1. The van der Waals surface area contributed by atoms with Crippen LogP contribution in [0.4, 0.5) is 0 Å². The molecule has 2 aromatic carbocycles. The Morgan fingerprint density at radius 3 is 2.48 bits per heavy atom. The van der Waals surface area contributed by atoms with Gasteiger partial charge < -0.3 is 14.8 Å². The van der Waals surface area contributed by atoms with E-state index in [0.717, 1.165) is 30.6 Å². The number of thiazole rings is 1. The Labute approximate surface area is 185 Å². The zero-order chi connectivity index (χ0) is 21.7. The summed E-state index contributed by atoms with van der Waals surface area (Å²) in [6.07, 6.45) is 3.24. The lowest BCUT2D eigenvalue weighted by molar-refractivity contribution is -0.124. The number of amides is 1. The van der Waals surface area contributed by atoms with Crippen molar-refractivity contribution in [1.29, 1.82) is 0 Å². The van der Waals surface area contributed by atoms with Gasteiger partial charge in [0.25, 0.3) is 5.91 Å². The Bertz CT molecular complexity index is 1040. The van der Waals surface area contributed by atoms with Crippen LogP contribution in [0, 0.1) is 0 Å². The fourth-order valence-corrected chi connectivity index (χ4v) is 4.52. The standard InChI is InChI=1S/C24H24N2O4S/c1-29-19-10-8-17(9-11-19)22-26-20(15-31-22)23(28)30-14-21(27)25-16-24(12-5-13-24)18-6-3-2-4-7-18/h2-4,6-11,15H,5,12-14,16H2,1H3,(H,25,27). The number of methoxy groups -OCH3 is 1. The van der Waals surface area contributed by atoms with Crippen molar-refractivity contribution in [2.75, 3.05) is 20.3 Å². The molecule has 1 aliphatic carbocycles. The van der Waals surface area contributed by atoms with E-state index in [4.69, 9.17) is 9.47 Å².